The van der Waals surface area contributed by atoms with Crippen molar-refractivity contribution in [2.45, 2.75) is 19.9 Å². The Balaban J connectivity index is 2.38. The summed E-state index contributed by atoms with van der Waals surface area (Å²) >= 11 is 6.27. The van der Waals surface area contributed by atoms with Crippen molar-refractivity contribution in [3.63, 3.8) is 0 Å². The third kappa shape index (κ3) is 1.37. The molecule has 5 nitrogen and oxygen atoms in total. The van der Waals surface area contributed by atoms with Crippen molar-refractivity contribution in [1.29, 1.82) is 0 Å². The second-order valence-electron chi connectivity index (χ2n) is 4.68. The molecule has 1 unspecified atom stereocenters. The van der Waals surface area contributed by atoms with Gasteiger partial charge in [0.05, 0.1) is 17.4 Å². The van der Waals surface area contributed by atoms with E-state index in [0.717, 1.165) is 28.3 Å². The molecule has 0 amide bonds. The number of rotatable bonds is 0. The first-order valence-electron chi connectivity index (χ1n) is 5.80. The van der Waals surface area contributed by atoms with E-state index in [1.54, 1.807) is 0 Å². The van der Waals surface area contributed by atoms with Gasteiger partial charge in [0, 0.05) is 25.4 Å². The summed E-state index contributed by atoms with van der Waals surface area (Å²) in [6.07, 6.45) is 0. The maximum absolute atomic E-state index is 6.27. The molecule has 1 aliphatic rings. The van der Waals surface area contributed by atoms with Crippen molar-refractivity contribution < 1.29 is 0 Å². The smallest absolute Gasteiger partial charge is 0.153 e. The monoisotopic (exact) mass is 263 g/mol. The van der Waals surface area contributed by atoms with Crippen LogP contribution in [0.4, 0.5) is 5.69 Å². The predicted molar refractivity (Wildman–Crippen MR) is 70.8 cm³/mol. The average molecular weight is 264 g/mol. The second-order valence-corrected chi connectivity index (χ2v) is 5.04. The molecule has 0 radical (unpaired) electrons. The van der Waals surface area contributed by atoms with Crippen molar-refractivity contribution in [2.24, 2.45) is 7.05 Å². The minimum absolute atomic E-state index is 0.175. The van der Waals surface area contributed by atoms with Crippen LogP contribution in [0.3, 0.4) is 0 Å². The fraction of sp³-hybridized carbons (Fsp3) is 0.417. The van der Waals surface area contributed by atoms with Crippen LogP contribution in [0.1, 0.15) is 24.4 Å². The molecule has 0 spiro atoms. The third-order valence-corrected chi connectivity index (χ3v) is 3.80. The van der Waals surface area contributed by atoms with Crippen LogP contribution < -0.4 is 4.90 Å². The van der Waals surface area contributed by atoms with E-state index in [4.69, 9.17) is 11.6 Å². The Hall–Kier alpha value is -1.62. The number of halogens is 1. The van der Waals surface area contributed by atoms with Crippen LogP contribution >= 0.6 is 11.6 Å². The molecule has 0 N–H and O–H groups in total. The highest BCUT2D eigenvalue weighted by Crippen LogP contribution is 2.45. The van der Waals surface area contributed by atoms with E-state index in [2.05, 4.69) is 27.1 Å². The lowest BCUT2D eigenvalue weighted by molar-refractivity contribution is 0.614. The topological polar surface area (TPSA) is 46.8 Å². The summed E-state index contributed by atoms with van der Waals surface area (Å²) in [5.74, 6) is 0. The molecule has 1 atom stereocenters. The highest BCUT2D eigenvalue weighted by molar-refractivity contribution is 6.33. The number of hydrogen-bond acceptors (Lipinski definition) is 4. The van der Waals surface area contributed by atoms with Crippen molar-refractivity contribution >= 4 is 17.3 Å². The van der Waals surface area contributed by atoms with Gasteiger partial charge in [-0.2, -0.15) is 0 Å². The van der Waals surface area contributed by atoms with Crippen molar-refractivity contribution in [3.8, 4) is 11.3 Å². The van der Waals surface area contributed by atoms with Gasteiger partial charge < -0.3 is 4.90 Å². The first kappa shape index (κ1) is 11.5. The molecule has 3 heterocycles. The number of aromatic nitrogens is 4. The molecule has 0 aromatic carbocycles. The van der Waals surface area contributed by atoms with Crippen LogP contribution in [0.15, 0.2) is 6.07 Å². The number of fused-ring (bicyclic) bond motifs is 3. The quantitative estimate of drug-likeness (QED) is 0.685. The highest BCUT2D eigenvalue weighted by atomic mass is 35.5. The van der Waals surface area contributed by atoms with Gasteiger partial charge in [-0.05, 0) is 19.9 Å². The fourth-order valence-corrected chi connectivity index (χ4v) is 2.91. The molecule has 0 aliphatic carbocycles. The van der Waals surface area contributed by atoms with E-state index in [1.165, 1.54) is 0 Å². The lowest BCUT2D eigenvalue weighted by Gasteiger charge is -2.33. The van der Waals surface area contributed by atoms with Crippen LogP contribution in [-0.2, 0) is 7.05 Å². The molecular formula is C12H14ClN5. The molecule has 94 valence electrons. The Bertz CT molecular complexity index is 634. The van der Waals surface area contributed by atoms with Gasteiger partial charge in [-0.25, -0.2) is 9.67 Å². The van der Waals surface area contributed by atoms with Crippen LogP contribution in [0.5, 0.6) is 0 Å². The van der Waals surface area contributed by atoms with E-state index < -0.39 is 0 Å². The summed E-state index contributed by atoms with van der Waals surface area (Å²) in [6.45, 7) is 4.04. The van der Waals surface area contributed by atoms with Crippen molar-refractivity contribution in [3.05, 3.63) is 22.6 Å². The summed E-state index contributed by atoms with van der Waals surface area (Å²) in [5, 5.41) is 8.91. The Morgan fingerprint density at radius 1 is 1.33 bits per heavy atom. The van der Waals surface area contributed by atoms with E-state index in [-0.39, 0.29) is 6.04 Å². The zero-order chi connectivity index (χ0) is 13.0. The number of aryl methyl sites for hydroxylation is 2. The molecule has 2 aromatic rings. The summed E-state index contributed by atoms with van der Waals surface area (Å²) in [5.41, 5.74) is 4.84. The fourth-order valence-electron chi connectivity index (χ4n) is 2.55. The van der Waals surface area contributed by atoms with Crippen LogP contribution in [0.2, 0.25) is 5.15 Å². The van der Waals surface area contributed by atoms with E-state index in [0.29, 0.717) is 5.15 Å². The van der Waals surface area contributed by atoms with E-state index in [1.807, 2.05) is 31.8 Å². The largest absolute Gasteiger partial charge is 0.363 e. The Kier molecular flexibility index (Phi) is 2.35. The average Bonchev–Trinajstić information content (AvgIpc) is 2.67. The summed E-state index contributed by atoms with van der Waals surface area (Å²) in [7, 11) is 3.93. The summed E-state index contributed by atoms with van der Waals surface area (Å²) in [6, 6.07) is 2.19. The Morgan fingerprint density at radius 2 is 2.06 bits per heavy atom. The van der Waals surface area contributed by atoms with Crippen molar-refractivity contribution in [2.75, 3.05) is 11.9 Å². The first-order valence-corrected chi connectivity index (χ1v) is 6.18. The normalized spacial score (nSPS) is 17.6. The molecule has 0 saturated carbocycles. The molecular weight excluding hydrogens is 250 g/mol. The van der Waals surface area contributed by atoms with Gasteiger partial charge in [-0.1, -0.05) is 16.8 Å². The molecule has 6 heteroatoms. The first-order chi connectivity index (χ1) is 8.50. The molecule has 0 fully saturated rings. The van der Waals surface area contributed by atoms with Gasteiger partial charge in [0.2, 0.25) is 0 Å². The van der Waals surface area contributed by atoms with Crippen molar-refractivity contribution in [1.82, 2.24) is 20.0 Å². The van der Waals surface area contributed by atoms with Crippen LogP contribution in [-0.4, -0.2) is 27.0 Å². The Labute approximate surface area is 110 Å². The molecule has 1 aliphatic heterocycles. The predicted octanol–water partition coefficient (Wildman–Crippen LogP) is 2.35. The molecule has 2 aromatic heterocycles. The maximum Gasteiger partial charge on any atom is 0.153 e. The number of anilines is 1. The zero-order valence-electron chi connectivity index (χ0n) is 10.8. The molecule has 3 rings (SSSR count). The van der Waals surface area contributed by atoms with Gasteiger partial charge in [0.25, 0.3) is 0 Å². The van der Waals surface area contributed by atoms with Gasteiger partial charge >= 0.3 is 0 Å². The summed E-state index contributed by atoms with van der Waals surface area (Å²) < 4.78 is 1.82. The number of pyridine rings is 1. The lowest BCUT2D eigenvalue weighted by Crippen LogP contribution is -2.28. The summed E-state index contributed by atoms with van der Waals surface area (Å²) in [4.78, 5) is 6.44. The van der Waals surface area contributed by atoms with Crippen LogP contribution in [0.25, 0.3) is 11.3 Å². The molecule has 0 saturated heterocycles. The standard InChI is InChI=1S/C12H14ClN5/c1-6-5-8-9-10(18(4)16-15-9)7(2)17(3)11(8)12(13)14-6/h5,7H,1-4H3. The van der Waals surface area contributed by atoms with Gasteiger partial charge in [-0.15, -0.1) is 5.10 Å². The SMILES string of the molecule is Cc1cc2c(c(Cl)n1)N(C)C(C)c1c-2nnn1C. The van der Waals surface area contributed by atoms with Gasteiger partial charge in [0.15, 0.2) is 5.15 Å². The van der Waals surface area contributed by atoms with E-state index >= 15 is 0 Å². The minimum Gasteiger partial charge on any atom is -0.363 e. The highest BCUT2D eigenvalue weighted by Gasteiger charge is 2.32. The lowest BCUT2D eigenvalue weighted by atomic mass is 9.98. The number of nitrogens with zero attached hydrogens (tertiary/aromatic N) is 5. The van der Waals surface area contributed by atoms with Crippen LogP contribution in [0, 0.1) is 6.92 Å². The van der Waals surface area contributed by atoms with Gasteiger partial charge in [0.1, 0.15) is 5.69 Å². The minimum atomic E-state index is 0.175. The van der Waals surface area contributed by atoms with E-state index in [9.17, 15) is 0 Å². The van der Waals surface area contributed by atoms with Gasteiger partial charge in [-0.3, -0.25) is 0 Å². The maximum atomic E-state index is 6.27. The Morgan fingerprint density at radius 3 is 2.78 bits per heavy atom. The third-order valence-electron chi connectivity index (χ3n) is 3.53. The second kappa shape index (κ2) is 3.68. The molecule has 0 bridgehead atoms. The zero-order valence-corrected chi connectivity index (χ0v) is 11.5. The molecule has 18 heavy (non-hydrogen) atoms. The number of hydrogen-bond donors (Lipinski definition) is 0.